The molecule has 0 radical (unpaired) electrons. The molecule has 0 saturated heterocycles. The van der Waals surface area contributed by atoms with Crippen LogP contribution >= 0.6 is 11.8 Å². The number of thioether (sulfide) groups is 1. The van der Waals surface area contributed by atoms with Crippen LogP contribution in [0.25, 0.3) is 11.1 Å². The van der Waals surface area contributed by atoms with Gasteiger partial charge in [0.2, 0.25) is 5.91 Å². The lowest BCUT2D eigenvalue weighted by atomic mass is 9.99. The highest BCUT2D eigenvalue weighted by atomic mass is 32.2. The molecule has 0 fully saturated rings. The van der Waals surface area contributed by atoms with Gasteiger partial charge in [0.05, 0.1) is 19.3 Å². The highest BCUT2D eigenvalue weighted by Crippen LogP contribution is 2.33. The number of hydrogen-bond acceptors (Lipinski definition) is 7. The number of amides is 2. The van der Waals surface area contributed by atoms with Crippen LogP contribution in [0.2, 0.25) is 0 Å². The maximum Gasteiger partial charge on any atom is 0.256 e. The summed E-state index contributed by atoms with van der Waals surface area (Å²) >= 11 is 1.34. The van der Waals surface area contributed by atoms with Crippen molar-refractivity contribution in [3.05, 3.63) is 89.5 Å². The van der Waals surface area contributed by atoms with Crippen LogP contribution in [0, 0.1) is 0 Å². The molecule has 3 aromatic rings. The smallest absolute Gasteiger partial charge is 0.256 e. The van der Waals surface area contributed by atoms with E-state index in [2.05, 4.69) is 10.6 Å². The zero-order valence-corrected chi connectivity index (χ0v) is 23.7. The molecule has 2 amide bonds. The monoisotopic (exact) mass is 563 g/mol. The summed E-state index contributed by atoms with van der Waals surface area (Å²) in [6.45, 7) is 4.23. The van der Waals surface area contributed by atoms with Crippen molar-refractivity contribution in [2.24, 2.45) is 0 Å². The van der Waals surface area contributed by atoms with Gasteiger partial charge in [-0.05, 0) is 47.7 Å². The summed E-state index contributed by atoms with van der Waals surface area (Å²) in [5.74, 6) is -0.459. The number of β-amino-alcohol motifs (C(OH)–C–C–N with tert-alkyl or cyclic N) is 1. The number of aliphatic hydroxyl groups is 3. The van der Waals surface area contributed by atoms with Gasteiger partial charge in [0.1, 0.15) is 0 Å². The molecule has 0 unspecified atom stereocenters. The van der Waals surface area contributed by atoms with Crippen LogP contribution in [0.15, 0.2) is 77.7 Å². The fraction of sp³-hybridized carbons (Fsp3) is 0.355. The molecular weight excluding hydrogens is 526 g/mol. The maximum absolute atomic E-state index is 13.7. The summed E-state index contributed by atoms with van der Waals surface area (Å²) in [5, 5.41) is 33.6. The third kappa shape index (κ3) is 7.71. The third-order valence-corrected chi connectivity index (χ3v) is 8.07. The highest BCUT2D eigenvalue weighted by Gasteiger charge is 2.33. The summed E-state index contributed by atoms with van der Waals surface area (Å²) < 4.78 is 0. The van der Waals surface area contributed by atoms with Crippen LogP contribution in [0.3, 0.4) is 0 Å². The van der Waals surface area contributed by atoms with E-state index in [1.165, 1.54) is 11.8 Å². The molecule has 0 bridgehead atoms. The first-order chi connectivity index (χ1) is 19.2. The number of aliphatic hydroxyl groups excluding tert-OH is 3. The number of hydrogen-bond donors (Lipinski definition) is 5. The number of carbonyl (C=O) groups excluding carboxylic acids is 2. The molecule has 2 atom stereocenters. The SMILES string of the molecule is CC(C)(CC(=O)N[C@@H]1Sc2ccccc2CN(Cc2ccc(-c3ccccc3CO)cc2)C1=O)NC[C@H](O)CO. The zero-order chi connectivity index (χ0) is 28.7. The van der Waals surface area contributed by atoms with Gasteiger partial charge in [0.15, 0.2) is 5.37 Å². The summed E-state index contributed by atoms with van der Waals surface area (Å²) in [6, 6.07) is 23.5. The summed E-state index contributed by atoms with van der Waals surface area (Å²) in [7, 11) is 0. The number of benzene rings is 3. The second kappa shape index (κ2) is 13.4. The minimum Gasteiger partial charge on any atom is -0.394 e. The number of nitrogens with one attached hydrogen (secondary N) is 2. The average molecular weight is 564 g/mol. The fourth-order valence-electron chi connectivity index (χ4n) is 4.67. The minimum absolute atomic E-state index is 0.0394. The van der Waals surface area contributed by atoms with E-state index in [0.717, 1.165) is 32.7 Å². The van der Waals surface area contributed by atoms with Crippen molar-refractivity contribution in [1.82, 2.24) is 15.5 Å². The Labute approximate surface area is 239 Å². The Morgan fingerprint density at radius 3 is 2.48 bits per heavy atom. The normalized spacial score (nSPS) is 16.3. The predicted molar refractivity (Wildman–Crippen MR) is 156 cm³/mol. The Bertz CT molecular complexity index is 1310. The van der Waals surface area contributed by atoms with Crippen molar-refractivity contribution in [3.63, 3.8) is 0 Å². The molecule has 4 rings (SSSR count). The molecule has 9 heteroatoms. The topological polar surface area (TPSA) is 122 Å². The summed E-state index contributed by atoms with van der Waals surface area (Å²) in [4.78, 5) is 29.5. The van der Waals surface area contributed by atoms with Crippen molar-refractivity contribution in [1.29, 1.82) is 0 Å². The van der Waals surface area contributed by atoms with Crippen molar-refractivity contribution in [2.75, 3.05) is 13.2 Å². The van der Waals surface area contributed by atoms with Gasteiger partial charge in [-0.3, -0.25) is 9.59 Å². The lowest BCUT2D eigenvalue weighted by molar-refractivity contribution is -0.135. The molecule has 0 spiro atoms. The van der Waals surface area contributed by atoms with Crippen LogP contribution in [0.4, 0.5) is 0 Å². The molecule has 5 N–H and O–H groups in total. The van der Waals surface area contributed by atoms with Crippen LogP contribution in [-0.4, -0.2) is 62.2 Å². The largest absolute Gasteiger partial charge is 0.394 e. The first kappa shape index (κ1) is 29.8. The number of rotatable bonds is 11. The quantitative estimate of drug-likeness (QED) is 0.243. The van der Waals surface area contributed by atoms with Gasteiger partial charge in [-0.1, -0.05) is 78.5 Å². The van der Waals surface area contributed by atoms with Crippen molar-refractivity contribution in [3.8, 4) is 11.1 Å². The average Bonchev–Trinajstić information content (AvgIpc) is 3.07. The first-order valence-corrected chi connectivity index (χ1v) is 14.2. The van der Waals surface area contributed by atoms with Gasteiger partial charge in [0.25, 0.3) is 5.91 Å². The fourth-order valence-corrected chi connectivity index (χ4v) is 5.81. The molecule has 8 nitrogen and oxygen atoms in total. The number of nitrogens with zero attached hydrogens (tertiary/aromatic N) is 1. The van der Waals surface area contributed by atoms with E-state index < -0.39 is 17.0 Å². The van der Waals surface area contributed by atoms with Gasteiger partial charge in [-0.25, -0.2) is 0 Å². The van der Waals surface area contributed by atoms with Crippen molar-refractivity contribution >= 4 is 23.6 Å². The standard InChI is InChI=1S/C31H37N3O5S/c1-31(2,32-16-25(37)20-36)15-28(38)33-29-30(39)34(18-23-7-4-6-10-27(23)40-29)17-21-11-13-22(14-12-21)26-9-5-3-8-24(26)19-35/h3-14,25,29,32,35-37H,15-20H2,1-2H3,(H,33,38)/t25-,29+/m0/s1. The molecule has 1 heterocycles. The molecular formula is C31H37N3O5S. The molecule has 0 saturated carbocycles. The molecule has 40 heavy (non-hydrogen) atoms. The molecule has 212 valence electrons. The van der Waals surface area contributed by atoms with Crippen LogP contribution in [0.1, 0.15) is 37.0 Å². The van der Waals surface area contributed by atoms with Gasteiger partial charge >= 0.3 is 0 Å². The zero-order valence-electron chi connectivity index (χ0n) is 22.8. The van der Waals surface area contributed by atoms with E-state index in [4.69, 9.17) is 5.11 Å². The van der Waals surface area contributed by atoms with Crippen LogP contribution in [-0.2, 0) is 29.3 Å². The Kier molecular flexibility index (Phi) is 9.99. The Hall–Kier alpha value is -3.21. The molecule has 3 aromatic carbocycles. The van der Waals surface area contributed by atoms with Gasteiger partial charge in [-0.15, -0.1) is 0 Å². The molecule has 0 aromatic heterocycles. The summed E-state index contributed by atoms with van der Waals surface area (Å²) in [6.07, 6.45) is -0.821. The van der Waals surface area contributed by atoms with E-state index in [9.17, 15) is 19.8 Å². The summed E-state index contributed by atoms with van der Waals surface area (Å²) in [5.41, 5.74) is 4.15. The van der Waals surface area contributed by atoms with E-state index in [1.807, 2.05) is 86.6 Å². The minimum atomic E-state index is -0.912. The van der Waals surface area contributed by atoms with Gasteiger partial charge in [0, 0.05) is 36.5 Å². The van der Waals surface area contributed by atoms with Gasteiger partial charge in [-0.2, -0.15) is 0 Å². The molecule has 0 aliphatic carbocycles. The Morgan fingerprint density at radius 1 is 1.05 bits per heavy atom. The Morgan fingerprint density at radius 2 is 1.75 bits per heavy atom. The second-order valence-electron chi connectivity index (χ2n) is 10.7. The van der Waals surface area contributed by atoms with E-state index >= 15 is 0 Å². The lowest BCUT2D eigenvalue weighted by Crippen LogP contribution is -2.50. The lowest BCUT2D eigenvalue weighted by Gasteiger charge is -2.29. The van der Waals surface area contributed by atoms with E-state index in [-0.39, 0.29) is 38.0 Å². The van der Waals surface area contributed by atoms with Crippen LogP contribution < -0.4 is 10.6 Å². The number of fused-ring (bicyclic) bond motifs is 1. The predicted octanol–water partition coefficient (Wildman–Crippen LogP) is 3.03. The van der Waals surface area contributed by atoms with E-state index in [1.54, 1.807) is 4.90 Å². The maximum atomic E-state index is 13.7. The second-order valence-corrected chi connectivity index (χ2v) is 11.8. The first-order valence-electron chi connectivity index (χ1n) is 13.3. The molecule has 1 aliphatic heterocycles. The molecule has 1 aliphatic rings. The third-order valence-electron chi connectivity index (χ3n) is 6.86. The van der Waals surface area contributed by atoms with Gasteiger partial charge < -0.3 is 30.9 Å². The van der Waals surface area contributed by atoms with Crippen LogP contribution in [0.5, 0.6) is 0 Å². The number of carbonyl (C=O) groups is 2. The van der Waals surface area contributed by atoms with E-state index in [0.29, 0.717) is 13.1 Å². The highest BCUT2D eigenvalue weighted by molar-refractivity contribution is 8.00. The van der Waals surface area contributed by atoms with Crippen molar-refractivity contribution < 1.29 is 24.9 Å². The van der Waals surface area contributed by atoms with Crippen molar-refractivity contribution in [2.45, 2.75) is 61.9 Å². The Balaban J connectivity index is 1.49.